The summed E-state index contributed by atoms with van der Waals surface area (Å²) in [7, 11) is 0. The third-order valence-corrected chi connectivity index (χ3v) is 4.23. The number of hydrogen-bond donors (Lipinski definition) is 1. The lowest BCUT2D eigenvalue weighted by molar-refractivity contribution is -0.0239. The highest BCUT2D eigenvalue weighted by Gasteiger charge is 2.35. The molecule has 20 heavy (non-hydrogen) atoms. The first-order valence-corrected chi connectivity index (χ1v) is 8.32. The third kappa shape index (κ3) is 4.32. The molecule has 2 nitrogen and oxygen atoms in total. The van der Waals surface area contributed by atoms with E-state index >= 15 is 0 Å². The molecule has 0 aromatic heterocycles. The van der Waals surface area contributed by atoms with Crippen molar-refractivity contribution in [3.63, 3.8) is 0 Å². The topological polar surface area (TPSA) is 21.3 Å². The summed E-state index contributed by atoms with van der Waals surface area (Å²) >= 11 is 0. The SMILES string of the molecule is CCCCCCCCC[C@@]1(c2ccccc2)NCCO1. The molecule has 1 atom stereocenters. The van der Waals surface area contributed by atoms with Gasteiger partial charge in [0.15, 0.2) is 0 Å². The smallest absolute Gasteiger partial charge is 0.145 e. The van der Waals surface area contributed by atoms with E-state index in [4.69, 9.17) is 4.74 Å². The minimum absolute atomic E-state index is 0.218. The number of rotatable bonds is 9. The van der Waals surface area contributed by atoms with Gasteiger partial charge in [0.1, 0.15) is 5.72 Å². The second-order valence-corrected chi connectivity index (χ2v) is 5.84. The van der Waals surface area contributed by atoms with Crippen LogP contribution in [0.15, 0.2) is 30.3 Å². The highest BCUT2D eigenvalue weighted by molar-refractivity contribution is 5.22. The summed E-state index contributed by atoms with van der Waals surface area (Å²) in [4.78, 5) is 0. The van der Waals surface area contributed by atoms with Crippen molar-refractivity contribution >= 4 is 0 Å². The molecule has 0 radical (unpaired) electrons. The Bertz CT molecular complexity index is 357. The van der Waals surface area contributed by atoms with Crippen LogP contribution in [0, 0.1) is 0 Å². The van der Waals surface area contributed by atoms with Crippen molar-refractivity contribution < 1.29 is 4.74 Å². The van der Waals surface area contributed by atoms with E-state index in [0.717, 1.165) is 19.6 Å². The van der Waals surface area contributed by atoms with Crippen LogP contribution in [0.3, 0.4) is 0 Å². The molecular weight excluding hydrogens is 246 g/mol. The third-order valence-electron chi connectivity index (χ3n) is 4.23. The normalized spacial score (nSPS) is 22.2. The van der Waals surface area contributed by atoms with Gasteiger partial charge in [-0.25, -0.2) is 0 Å². The zero-order chi connectivity index (χ0) is 14.1. The Morgan fingerprint density at radius 3 is 2.35 bits per heavy atom. The van der Waals surface area contributed by atoms with Crippen molar-refractivity contribution in [3.8, 4) is 0 Å². The quantitative estimate of drug-likeness (QED) is 0.665. The van der Waals surface area contributed by atoms with Gasteiger partial charge >= 0.3 is 0 Å². The lowest BCUT2D eigenvalue weighted by Crippen LogP contribution is -2.38. The fourth-order valence-electron chi connectivity index (χ4n) is 3.06. The Balaban J connectivity index is 1.76. The molecule has 1 aromatic carbocycles. The molecule has 0 aliphatic carbocycles. The van der Waals surface area contributed by atoms with Crippen molar-refractivity contribution in [1.82, 2.24) is 5.32 Å². The molecule has 1 heterocycles. The molecule has 0 spiro atoms. The van der Waals surface area contributed by atoms with Crippen LogP contribution in [-0.4, -0.2) is 13.2 Å². The van der Waals surface area contributed by atoms with E-state index in [1.165, 1.54) is 50.5 Å². The number of benzene rings is 1. The largest absolute Gasteiger partial charge is 0.355 e. The lowest BCUT2D eigenvalue weighted by atomic mass is 9.96. The summed E-state index contributed by atoms with van der Waals surface area (Å²) in [5, 5.41) is 3.58. The average molecular weight is 275 g/mol. The van der Waals surface area contributed by atoms with Crippen molar-refractivity contribution in [1.29, 1.82) is 0 Å². The highest BCUT2D eigenvalue weighted by Crippen LogP contribution is 2.31. The molecule has 112 valence electrons. The Hall–Kier alpha value is -0.860. The molecule has 1 aromatic rings. The van der Waals surface area contributed by atoms with Gasteiger partial charge in [-0.2, -0.15) is 0 Å². The van der Waals surface area contributed by atoms with Crippen LogP contribution >= 0.6 is 0 Å². The van der Waals surface area contributed by atoms with Crippen LogP contribution in [-0.2, 0) is 10.5 Å². The van der Waals surface area contributed by atoms with Crippen LogP contribution in [0.5, 0.6) is 0 Å². The van der Waals surface area contributed by atoms with Crippen LogP contribution < -0.4 is 5.32 Å². The van der Waals surface area contributed by atoms with Gasteiger partial charge in [0.2, 0.25) is 0 Å². The van der Waals surface area contributed by atoms with Crippen molar-refractivity contribution in [3.05, 3.63) is 35.9 Å². The predicted octanol–water partition coefficient (Wildman–Crippen LogP) is 4.60. The monoisotopic (exact) mass is 275 g/mol. The fourth-order valence-corrected chi connectivity index (χ4v) is 3.06. The van der Waals surface area contributed by atoms with Gasteiger partial charge in [-0.1, -0.05) is 75.8 Å². The molecule has 1 N–H and O–H groups in total. The molecule has 1 aliphatic heterocycles. The maximum Gasteiger partial charge on any atom is 0.145 e. The van der Waals surface area contributed by atoms with Gasteiger partial charge in [0.05, 0.1) is 6.61 Å². The molecule has 1 aliphatic rings. The maximum atomic E-state index is 6.06. The van der Waals surface area contributed by atoms with Crippen molar-refractivity contribution in [2.45, 2.75) is 64.0 Å². The maximum absolute atomic E-state index is 6.06. The van der Waals surface area contributed by atoms with Crippen LogP contribution in [0.2, 0.25) is 0 Å². The number of hydrogen-bond acceptors (Lipinski definition) is 2. The van der Waals surface area contributed by atoms with E-state index in [-0.39, 0.29) is 5.72 Å². The van der Waals surface area contributed by atoms with E-state index in [0.29, 0.717) is 0 Å². The van der Waals surface area contributed by atoms with E-state index < -0.39 is 0 Å². The molecule has 0 unspecified atom stereocenters. The Kier molecular flexibility index (Phi) is 6.55. The number of ether oxygens (including phenoxy) is 1. The molecular formula is C18H29NO. The molecule has 2 heteroatoms. The number of unbranched alkanes of at least 4 members (excludes halogenated alkanes) is 6. The number of nitrogens with one attached hydrogen (secondary N) is 1. The highest BCUT2D eigenvalue weighted by atomic mass is 16.5. The second kappa shape index (κ2) is 8.43. The molecule has 2 rings (SSSR count). The van der Waals surface area contributed by atoms with Crippen molar-refractivity contribution in [2.24, 2.45) is 0 Å². The van der Waals surface area contributed by atoms with Gasteiger partial charge in [-0.3, -0.25) is 5.32 Å². The zero-order valence-corrected chi connectivity index (χ0v) is 12.9. The van der Waals surface area contributed by atoms with E-state index in [1.807, 2.05) is 0 Å². The van der Waals surface area contributed by atoms with Gasteiger partial charge < -0.3 is 4.74 Å². The first-order chi connectivity index (χ1) is 9.87. The van der Waals surface area contributed by atoms with Crippen LogP contribution in [0.25, 0.3) is 0 Å². The second-order valence-electron chi connectivity index (χ2n) is 5.84. The summed E-state index contributed by atoms with van der Waals surface area (Å²) in [6.45, 7) is 4.06. The Labute approximate surface area is 123 Å². The van der Waals surface area contributed by atoms with Gasteiger partial charge in [0.25, 0.3) is 0 Å². The zero-order valence-electron chi connectivity index (χ0n) is 12.9. The van der Waals surface area contributed by atoms with Crippen molar-refractivity contribution in [2.75, 3.05) is 13.2 Å². The van der Waals surface area contributed by atoms with Crippen LogP contribution in [0.1, 0.15) is 63.9 Å². The summed E-state index contributed by atoms with van der Waals surface area (Å²) in [5.41, 5.74) is 1.06. The summed E-state index contributed by atoms with van der Waals surface area (Å²) in [5.74, 6) is 0. The minimum Gasteiger partial charge on any atom is -0.355 e. The Morgan fingerprint density at radius 1 is 1.00 bits per heavy atom. The molecule has 0 saturated carbocycles. The molecule has 0 amide bonds. The van der Waals surface area contributed by atoms with E-state index in [1.54, 1.807) is 0 Å². The Morgan fingerprint density at radius 2 is 1.70 bits per heavy atom. The average Bonchev–Trinajstić information content (AvgIpc) is 2.97. The van der Waals surface area contributed by atoms with Gasteiger partial charge in [-0.05, 0) is 18.4 Å². The van der Waals surface area contributed by atoms with Gasteiger partial charge in [0, 0.05) is 6.54 Å². The fraction of sp³-hybridized carbons (Fsp3) is 0.667. The predicted molar refractivity (Wildman–Crippen MR) is 84.7 cm³/mol. The summed E-state index contributed by atoms with van der Waals surface area (Å²) < 4.78 is 6.06. The van der Waals surface area contributed by atoms with Gasteiger partial charge in [-0.15, -0.1) is 0 Å². The first-order valence-electron chi connectivity index (χ1n) is 8.32. The molecule has 0 bridgehead atoms. The van der Waals surface area contributed by atoms with E-state index in [2.05, 4.69) is 42.6 Å². The van der Waals surface area contributed by atoms with Crippen LogP contribution in [0.4, 0.5) is 0 Å². The molecule has 1 saturated heterocycles. The lowest BCUT2D eigenvalue weighted by Gasteiger charge is -2.29. The standard InChI is InChI=1S/C18H29NO/c1-2-3-4-5-6-7-11-14-18(19-15-16-20-18)17-12-9-8-10-13-17/h8-10,12-13,19H,2-7,11,14-16H2,1H3/t18-/m1/s1. The van der Waals surface area contributed by atoms with E-state index in [9.17, 15) is 0 Å². The summed E-state index contributed by atoms with van der Waals surface area (Å²) in [6.07, 6.45) is 10.5. The summed E-state index contributed by atoms with van der Waals surface area (Å²) in [6, 6.07) is 10.6. The first kappa shape index (κ1) is 15.5. The minimum atomic E-state index is -0.218. The molecule has 1 fully saturated rings.